The van der Waals surface area contributed by atoms with E-state index in [1.165, 1.54) is 0 Å². The van der Waals surface area contributed by atoms with E-state index in [0.717, 1.165) is 30.5 Å². The number of carbonyl (C=O) groups is 1. The Hall–Kier alpha value is -1.07. The van der Waals surface area contributed by atoms with Crippen molar-refractivity contribution in [2.75, 3.05) is 25.5 Å². The standard InChI is InChI=1S/C13H17BrN2O2/c14-10-1-2-12(15)11(7-10)13(17)16-8-9-3-5-18-6-4-9/h1-2,7,9H,3-6,8,15H2,(H,16,17). The fraction of sp³-hybridized carbons (Fsp3) is 0.462. The number of carbonyl (C=O) groups excluding carboxylic acids is 1. The van der Waals surface area contributed by atoms with Crippen molar-refractivity contribution in [3.63, 3.8) is 0 Å². The maximum atomic E-state index is 12.0. The molecule has 1 amide bonds. The lowest BCUT2D eigenvalue weighted by molar-refractivity contribution is 0.0643. The minimum atomic E-state index is -0.111. The first-order valence-corrected chi connectivity index (χ1v) is 6.87. The molecule has 4 nitrogen and oxygen atoms in total. The van der Waals surface area contributed by atoms with Gasteiger partial charge in [0.05, 0.1) is 5.56 Å². The molecule has 1 saturated heterocycles. The average Bonchev–Trinajstić information content (AvgIpc) is 2.40. The normalized spacial score (nSPS) is 16.5. The van der Waals surface area contributed by atoms with Crippen LogP contribution in [-0.2, 0) is 4.74 Å². The van der Waals surface area contributed by atoms with Crippen LogP contribution in [0.25, 0.3) is 0 Å². The van der Waals surface area contributed by atoms with E-state index in [0.29, 0.717) is 23.7 Å². The summed E-state index contributed by atoms with van der Waals surface area (Å²) in [6, 6.07) is 5.30. The molecule has 1 heterocycles. The SMILES string of the molecule is Nc1ccc(Br)cc1C(=O)NCC1CCOCC1. The van der Waals surface area contributed by atoms with E-state index in [1.54, 1.807) is 12.1 Å². The lowest BCUT2D eigenvalue weighted by atomic mass is 10.0. The van der Waals surface area contributed by atoms with Crippen LogP contribution in [0.4, 0.5) is 5.69 Å². The van der Waals surface area contributed by atoms with Crippen LogP contribution in [0.2, 0.25) is 0 Å². The zero-order valence-electron chi connectivity index (χ0n) is 10.1. The molecule has 1 aliphatic heterocycles. The fourth-order valence-electron chi connectivity index (χ4n) is 2.01. The Morgan fingerprint density at radius 2 is 2.17 bits per heavy atom. The number of nitrogens with one attached hydrogen (secondary N) is 1. The summed E-state index contributed by atoms with van der Waals surface area (Å²) >= 11 is 3.34. The molecule has 1 aliphatic rings. The molecule has 0 unspecified atom stereocenters. The van der Waals surface area contributed by atoms with E-state index < -0.39 is 0 Å². The largest absolute Gasteiger partial charge is 0.398 e. The first-order chi connectivity index (χ1) is 8.66. The van der Waals surface area contributed by atoms with Crippen molar-refractivity contribution in [2.24, 2.45) is 5.92 Å². The molecule has 0 spiro atoms. The van der Waals surface area contributed by atoms with Gasteiger partial charge in [-0.2, -0.15) is 0 Å². The predicted molar refractivity (Wildman–Crippen MR) is 74.4 cm³/mol. The summed E-state index contributed by atoms with van der Waals surface area (Å²) in [5.41, 5.74) is 6.82. The first kappa shape index (κ1) is 13.4. The van der Waals surface area contributed by atoms with Crippen LogP contribution in [0.5, 0.6) is 0 Å². The summed E-state index contributed by atoms with van der Waals surface area (Å²) in [5, 5.41) is 2.94. The van der Waals surface area contributed by atoms with Gasteiger partial charge in [-0.1, -0.05) is 15.9 Å². The molecule has 5 heteroatoms. The summed E-state index contributed by atoms with van der Waals surface area (Å²) in [6.07, 6.45) is 2.02. The number of ether oxygens (including phenoxy) is 1. The third-order valence-electron chi connectivity index (χ3n) is 3.15. The highest BCUT2D eigenvalue weighted by Gasteiger charge is 2.16. The van der Waals surface area contributed by atoms with Gasteiger partial charge in [0.15, 0.2) is 0 Å². The molecule has 1 aromatic rings. The fourth-order valence-corrected chi connectivity index (χ4v) is 2.37. The van der Waals surface area contributed by atoms with Crippen LogP contribution in [0.1, 0.15) is 23.2 Å². The topological polar surface area (TPSA) is 64.4 Å². The van der Waals surface area contributed by atoms with Crippen molar-refractivity contribution < 1.29 is 9.53 Å². The van der Waals surface area contributed by atoms with Crippen LogP contribution < -0.4 is 11.1 Å². The van der Waals surface area contributed by atoms with Gasteiger partial charge in [0.25, 0.3) is 5.91 Å². The molecule has 18 heavy (non-hydrogen) atoms. The number of amides is 1. The second kappa shape index (κ2) is 6.20. The molecule has 0 aliphatic carbocycles. The third-order valence-corrected chi connectivity index (χ3v) is 3.65. The van der Waals surface area contributed by atoms with Crippen LogP contribution >= 0.6 is 15.9 Å². The highest BCUT2D eigenvalue weighted by Crippen LogP contribution is 2.19. The van der Waals surface area contributed by atoms with Crippen molar-refractivity contribution >= 4 is 27.5 Å². The van der Waals surface area contributed by atoms with Gasteiger partial charge in [0.2, 0.25) is 0 Å². The molecule has 1 fully saturated rings. The minimum Gasteiger partial charge on any atom is -0.398 e. The van der Waals surface area contributed by atoms with Gasteiger partial charge in [-0.15, -0.1) is 0 Å². The molecule has 2 rings (SSSR count). The van der Waals surface area contributed by atoms with Crippen LogP contribution in [-0.4, -0.2) is 25.7 Å². The third kappa shape index (κ3) is 3.46. The lowest BCUT2D eigenvalue weighted by Crippen LogP contribution is -2.32. The van der Waals surface area contributed by atoms with Crippen LogP contribution in [0.15, 0.2) is 22.7 Å². The number of anilines is 1. The molecule has 3 N–H and O–H groups in total. The van der Waals surface area contributed by atoms with Crippen LogP contribution in [0, 0.1) is 5.92 Å². The number of nitrogens with two attached hydrogens (primary N) is 1. The summed E-state index contributed by atoms with van der Waals surface area (Å²) in [4.78, 5) is 12.0. The van der Waals surface area contributed by atoms with E-state index in [9.17, 15) is 4.79 Å². The summed E-state index contributed by atoms with van der Waals surface area (Å²) in [6.45, 7) is 2.27. The Morgan fingerprint density at radius 3 is 2.89 bits per heavy atom. The number of hydrogen-bond acceptors (Lipinski definition) is 3. The first-order valence-electron chi connectivity index (χ1n) is 6.08. The van der Waals surface area contributed by atoms with Crippen molar-refractivity contribution in [2.45, 2.75) is 12.8 Å². The van der Waals surface area contributed by atoms with Crippen LogP contribution in [0.3, 0.4) is 0 Å². The molecule has 0 atom stereocenters. The van der Waals surface area contributed by atoms with E-state index >= 15 is 0 Å². The van der Waals surface area contributed by atoms with Gasteiger partial charge >= 0.3 is 0 Å². The Balaban J connectivity index is 1.92. The van der Waals surface area contributed by atoms with E-state index in [1.807, 2.05) is 6.07 Å². The van der Waals surface area contributed by atoms with Gasteiger partial charge in [0, 0.05) is 29.9 Å². The van der Waals surface area contributed by atoms with Crippen molar-refractivity contribution in [1.29, 1.82) is 0 Å². The molecular formula is C13H17BrN2O2. The zero-order valence-corrected chi connectivity index (χ0v) is 11.7. The Kier molecular flexibility index (Phi) is 4.60. The number of rotatable bonds is 3. The zero-order chi connectivity index (χ0) is 13.0. The summed E-state index contributed by atoms with van der Waals surface area (Å²) < 4.78 is 6.14. The van der Waals surface area contributed by atoms with Crippen molar-refractivity contribution in [3.05, 3.63) is 28.2 Å². The molecular weight excluding hydrogens is 296 g/mol. The van der Waals surface area contributed by atoms with E-state index in [4.69, 9.17) is 10.5 Å². The maximum Gasteiger partial charge on any atom is 0.253 e. The van der Waals surface area contributed by atoms with Gasteiger partial charge in [0.1, 0.15) is 0 Å². The Labute approximate surface area is 115 Å². The van der Waals surface area contributed by atoms with Gasteiger partial charge in [-0.3, -0.25) is 4.79 Å². The molecule has 98 valence electrons. The molecule has 0 radical (unpaired) electrons. The Morgan fingerprint density at radius 1 is 1.44 bits per heavy atom. The predicted octanol–water partition coefficient (Wildman–Crippen LogP) is 2.19. The molecule has 0 aromatic heterocycles. The lowest BCUT2D eigenvalue weighted by Gasteiger charge is -2.22. The summed E-state index contributed by atoms with van der Waals surface area (Å²) in [7, 11) is 0. The van der Waals surface area contributed by atoms with Gasteiger partial charge < -0.3 is 15.8 Å². The van der Waals surface area contributed by atoms with E-state index in [2.05, 4.69) is 21.2 Å². The monoisotopic (exact) mass is 312 g/mol. The quantitative estimate of drug-likeness (QED) is 0.841. The number of halogens is 1. The molecule has 0 saturated carbocycles. The Bertz CT molecular complexity index is 431. The minimum absolute atomic E-state index is 0.111. The van der Waals surface area contributed by atoms with Crippen molar-refractivity contribution in [3.8, 4) is 0 Å². The smallest absolute Gasteiger partial charge is 0.253 e. The highest BCUT2D eigenvalue weighted by atomic mass is 79.9. The van der Waals surface area contributed by atoms with Gasteiger partial charge in [-0.25, -0.2) is 0 Å². The van der Waals surface area contributed by atoms with Crippen molar-refractivity contribution in [1.82, 2.24) is 5.32 Å². The second-order valence-corrected chi connectivity index (χ2v) is 5.41. The molecule has 0 bridgehead atoms. The maximum absolute atomic E-state index is 12.0. The average molecular weight is 313 g/mol. The number of benzene rings is 1. The second-order valence-electron chi connectivity index (χ2n) is 4.50. The summed E-state index contributed by atoms with van der Waals surface area (Å²) in [5.74, 6) is 0.399. The van der Waals surface area contributed by atoms with Gasteiger partial charge in [-0.05, 0) is 37.0 Å². The number of nitrogen functional groups attached to an aromatic ring is 1. The number of hydrogen-bond donors (Lipinski definition) is 2. The molecule has 1 aromatic carbocycles. The van der Waals surface area contributed by atoms with E-state index in [-0.39, 0.29) is 5.91 Å². The highest BCUT2D eigenvalue weighted by molar-refractivity contribution is 9.10.